The standard InChI is InChI=1S/C18H31F2N5/c1-13(21-3)23-17(25-15-6-5-7-16(25)9-8-15)12-14(24-22-4)10-11-18(2,19)20/h12,14-16,22,24H,3,5-11H2,1-2,4H3/b17-12-,23-13-/t14?,15-,16?/m1/s1. The van der Waals surface area contributed by atoms with E-state index in [-0.39, 0.29) is 12.5 Å². The molecule has 0 saturated carbocycles. The molecule has 5 nitrogen and oxygen atoms in total. The maximum Gasteiger partial charge on any atom is 0.245 e. The Morgan fingerprint density at radius 2 is 1.96 bits per heavy atom. The van der Waals surface area contributed by atoms with E-state index in [0.717, 1.165) is 12.7 Å². The second kappa shape index (κ2) is 8.85. The molecule has 2 N–H and O–H groups in total. The summed E-state index contributed by atoms with van der Waals surface area (Å²) in [4.78, 5) is 10.9. The highest BCUT2D eigenvalue weighted by Gasteiger charge is 2.38. The third-order valence-corrected chi connectivity index (χ3v) is 5.04. The van der Waals surface area contributed by atoms with Crippen molar-refractivity contribution in [3.63, 3.8) is 0 Å². The van der Waals surface area contributed by atoms with Gasteiger partial charge >= 0.3 is 0 Å². The molecule has 2 fully saturated rings. The van der Waals surface area contributed by atoms with Crippen molar-refractivity contribution < 1.29 is 8.78 Å². The third-order valence-electron chi connectivity index (χ3n) is 5.04. The molecule has 25 heavy (non-hydrogen) atoms. The lowest BCUT2D eigenvalue weighted by atomic mass is 10.0. The Morgan fingerprint density at radius 3 is 2.48 bits per heavy atom. The van der Waals surface area contributed by atoms with Crippen LogP contribution in [0.2, 0.25) is 0 Å². The predicted octanol–water partition coefficient (Wildman–Crippen LogP) is 3.49. The van der Waals surface area contributed by atoms with Crippen LogP contribution in [0.5, 0.6) is 0 Å². The van der Waals surface area contributed by atoms with Crippen molar-refractivity contribution in [2.75, 3.05) is 7.05 Å². The van der Waals surface area contributed by atoms with Crippen molar-refractivity contribution in [3.05, 3.63) is 11.9 Å². The van der Waals surface area contributed by atoms with Gasteiger partial charge in [-0.25, -0.2) is 18.8 Å². The van der Waals surface area contributed by atoms with E-state index in [1.807, 2.05) is 13.0 Å². The van der Waals surface area contributed by atoms with Gasteiger partial charge < -0.3 is 4.90 Å². The van der Waals surface area contributed by atoms with Gasteiger partial charge in [0.15, 0.2) is 0 Å². The number of hydrazine groups is 1. The lowest BCUT2D eigenvalue weighted by molar-refractivity contribution is 0.00911. The lowest BCUT2D eigenvalue weighted by Crippen LogP contribution is -2.42. The van der Waals surface area contributed by atoms with Gasteiger partial charge in [-0.3, -0.25) is 10.9 Å². The van der Waals surface area contributed by atoms with E-state index in [4.69, 9.17) is 0 Å². The summed E-state index contributed by atoms with van der Waals surface area (Å²) >= 11 is 0. The van der Waals surface area contributed by atoms with Crippen LogP contribution in [-0.4, -0.2) is 48.5 Å². The van der Waals surface area contributed by atoms with E-state index in [2.05, 4.69) is 32.5 Å². The van der Waals surface area contributed by atoms with Gasteiger partial charge in [0.05, 0.1) is 0 Å². The molecule has 0 aliphatic carbocycles. The Hall–Kier alpha value is -1.34. The fraction of sp³-hybridized carbons (Fsp3) is 0.778. The fourth-order valence-electron chi connectivity index (χ4n) is 3.84. The van der Waals surface area contributed by atoms with Crippen molar-refractivity contribution in [1.82, 2.24) is 15.8 Å². The van der Waals surface area contributed by atoms with Crippen LogP contribution in [0.25, 0.3) is 0 Å². The number of hydrogen-bond acceptors (Lipinski definition) is 4. The first-order valence-corrected chi connectivity index (χ1v) is 9.16. The average molecular weight is 355 g/mol. The van der Waals surface area contributed by atoms with Crippen molar-refractivity contribution in [2.45, 2.75) is 82.8 Å². The maximum atomic E-state index is 13.3. The van der Waals surface area contributed by atoms with Gasteiger partial charge in [-0.05, 0) is 72.2 Å². The van der Waals surface area contributed by atoms with Gasteiger partial charge in [-0.15, -0.1) is 0 Å². The molecule has 0 amide bonds. The molecule has 2 heterocycles. The van der Waals surface area contributed by atoms with Crippen LogP contribution in [-0.2, 0) is 0 Å². The van der Waals surface area contributed by atoms with Crippen molar-refractivity contribution >= 4 is 12.6 Å². The molecule has 3 atom stereocenters. The first kappa shape index (κ1) is 20.0. The summed E-state index contributed by atoms with van der Waals surface area (Å²) in [6, 6.07) is 0.761. The molecule has 2 aliphatic rings. The Labute approximate surface area is 149 Å². The minimum absolute atomic E-state index is 0.175. The zero-order chi connectivity index (χ0) is 18.4. The van der Waals surface area contributed by atoms with E-state index in [9.17, 15) is 8.78 Å². The summed E-state index contributed by atoms with van der Waals surface area (Å²) < 4.78 is 26.6. The zero-order valence-corrected chi connectivity index (χ0v) is 15.6. The molecular formula is C18H31F2N5. The first-order valence-electron chi connectivity index (χ1n) is 9.16. The van der Waals surface area contributed by atoms with Gasteiger partial charge in [-0.2, -0.15) is 0 Å². The fourth-order valence-corrected chi connectivity index (χ4v) is 3.84. The molecule has 2 aliphatic heterocycles. The van der Waals surface area contributed by atoms with Gasteiger partial charge in [-0.1, -0.05) is 0 Å². The number of nitrogens with zero attached hydrogens (tertiary/aromatic N) is 3. The van der Waals surface area contributed by atoms with E-state index in [1.54, 1.807) is 7.05 Å². The maximum absolute atomic E-state index is 13.3. The predicted molar refractivity (Wildman–Crippen MR) is 99.1 cm³/mol. The van der Waals surface area contributed by atoms with Crippen LogP contribution in [0.15, 0.2) is 21.9 Å². The van der Waals surface area contributed by atoms with Gasteiger partial charge in [0, 0.05) is 24.5 Å². The summed E-state index contributed by atoms with van der Waals surface area (Å²) in [5, 5.41) is 0. The highest BCUT2D eigenvalue weighted by Crippen LogP contribution is 2.38. The van der Waals surface area contributed by atoms with Crippen molar-refractivity contribution in [1.29, 1.82) is 0 Å². The number of nitrogens with one attached hydrogen (secondary N) is 2. The number of halogens is 2. The van der Waals surface area contributed by atoms with Crippen LogP contribution < -0.4 is 10.9 Å². The smallest absolute Gasteiger partial charge is 0.245 e. The van der Waals surface area contributed by atoms with Crippen LogP contribution in [0.4, 0.5) is 8.78 Å². The SMILES string of the molecule is C=N/C(C)=N\C(=C\C(CCC(C)(F)F)NNC)N1C2CCC[C@@H]1CC2. The first-order chi connectivity index (χ1) is 11.8. The summed E-state index contributed by atoms with van der Waals surface area (Å²) in [5.74, 6) is -1.24. The number of aliphatic imine (C=N–C) groups is 2. The Morgan fingerprint density at radius 1 is 1.32 bits per heavy atom. The Balaban J connectivity index is 2.25. The van der Waals surface area contributed by atoms with Crippen LogP contribution in [0.1, 0.15) is 58.8 Å². The largest absolute Gasteiger partial charge is 0.351 e. The van der Waals surface area contributed by atoms with Crippen LogP contribution in [0, 0.1) is 0 Å². The number of piperidine rings is 1. The summed E-state index contributed by atoms with van der Waals surface area (Å²) in [6.45, 7) is 6.32. The highest BCUT2D eigenvalue weighted by atomic mass is 19.3. The number of alkyl halides is 2. The van der Waals surface area contributed by atoms with Crippen molar-refractivity contribution in [2.24, 2.45) is 9.98 Å². The van der Waals surface area contributed by atoms with Gasteiger partial charge in [0.25, 0.3) is 0 Å². The van der Waals surface area contributed by atoms with Crippen LogP contribution >= 0.6 is 0 Å². The van der Waals surface area contributed by atoms with Gasteiger partial charge in [0.1, 0.15) is 11.7 Å². The Bertz CT molecular complexity index is 496. The van der Waals surface area contributed by atoms with E-state index in [1.165, 1.54) is 32.1 Å². The summed E-state index contributed by atoms with van der Waals surface area (Å²) in [6.07, 6.45) is 8.06. The number of rotatable bonds is 8. The van der Waals surface area contributed by atoms with E-state index in [0.29, 0.717) is 24.3 Å². The van der Waals surface area contributed by atoms with Gasteiger partial charge in [0.2, 0.25) is 5.92 Å². The number of fused-ring (bicyclic) bond motifs is 2. The second-order valence-corrected chi connectivity index (χ2v) is 7.17. The monoisotopic (exact) mass is 355 g/mol. The lowest BCUT2D eigenvalue weighted by Gasteiger charge is -2.37. The summed E-state index contributed by atoms with van der Waals surface area (Å²) in [7, 11) is 1.75. The number of hydrogen-bond donors (Lipinski definition) is 2. The van der Waals surface area contributed by atoms with Crippen LogP contribution in [0.3, 0.4) is 0 Å². The minimum Gasteiger partial charge on any atom is -0.351 e. The second-order valence-electron chi connectivity index (χ2n) is 7.17. The molecule has 2 bridgehead atoms. The topological polar surface area (TPSA) is 52.0 Å². The molecule has 2 rings (SSSR count). The molecule has 2 unspecified atom stereocenters. The van der Waals surface area contributed by atoms with Crippen molar-refractivity contribution in [3.8, 4) is 0 Å². The molecule has 7 heteroatoms. The molecule has 2 saturated heterocycles. The normalized spacial score (nSPS) is 26.0. The Kier molecular flexibility index (Phi) is 7.07. The molecule has 0 spiro atoms. The molecular weight excluding hydrogens is 324 g/mol. The molecule has 0 aromatic rings. The van der Waals surface area contributed by atoms with E-state index >= 15 is 0 Å². The molecule has 142 valence electrons. The zero-order valence-electron chi connectivity index (χ0n) is 15.6. The quantitative estimate of drug-likeness (QED) is 0.398. The molecule has 0 radical (unpaired) electrons. The third kappa shape index (κ3) is 5.85. The number of amidine groups is 1. The minimum atomic E-state index is -2.67. The average Bonchev–Trinajstić information content (AvgIpc) is 2.80. The summed E-state index contributed by atoms with van der Waals surface area (Å²) in [5.41, 5.74) is 5.94. The van der Waals surface area contributed by atoms with E-state index < -0.39 is 5.92 Å². The highest BCUT2D eigenvalue weighted by molar-refractivity contribution is 5.84. The molecule has 0 aromatic carbocycles. The molecule has 0 aromatic heterocycles.